The molecule has 2 amide bonds. The highest BCUT2D eigenvalue weighted by atomic mass is 32.2. The quantitative estimate of drug-likeness (QED) is 0.787. The van der Waals surface area contributed by atoms with Crippen molar-refractivity contribution in [3.05, 3.63) is 24.3 Å². The predicted octanol–water partition coefficient (Wildman–Crippen LogP) is 1.96. The van der Waals surface area contributed by atoms with Crippen LogP contribution in [-0.4, -0.2) is 43.8 Å². The Morgan fingerprint density at radius 3 is 2.35 bits per heavy atom. The molecule has 26 heavy (non-hydrogen) atoms. The molecule has 7 nitrogen and oxygen atoms in total. The maximum atomic E-state index is 12.4. The van der Waals surface area contributed by atoms with Crippen LogP contribution in [-0.2, 0) is 19.6 Å². The second-order valence-corrected chi connectivity index (χ2v) is 9.25. The van der Waals surface area contributed by atoms with Crippen LogP contribution in [0.2, 0.25) is 0 Å². The van der Waals surface area contributed by atoms with Gasteiger partial charge in [0.1, 0.15) is 0 Å². The lowest BCUT2D eigenvalue weighted by atomic mass is 10.1. The molecule has 2 N–H and O–H groups in total. The molecule has 0 unspecified atom stereocenters. The fourth-order valence-corrected chi connectivity index (χ4v) is 3.95. The zero-order valence-electron chi connectivity index (χ0n) is 15.7. The maximum Gasteiger partial charge on any atom is 0.240 e. The zero-order valence-corrected chi connectivity index (χ0v) is 16.5. The fraction of sp³-hybridized carbons (Fsp3) is 0.556. The van der Waals surface area contributed by atoms with Gasteiger partial charge in [-0.25, -0.2) is 13.1 Å². The summed E-state index contributed by atoms with van der Waals surface area (Å²) in [5.41, 5.74) is 0.194. The van der Waals surface area contributed by atoms with Crippen LogP contribution in [0.4, 0.5) is 5.69 Å². The van der Waals surface area contributed by atoms with Gasteiger partial charge < -0.3 is 10.2 Å². The van der Waals surface area contributed by atoms with E-state index in [2.05, 4.69) is 10.0 Å². The zero-order chi connectivity index (χ0) is 19.5. The first-order valence-corrected chi connectivity index (χ1v) is 10.2. The minimum atomic E-state index is -3.53. The van der Waals surface area contributed by atoms with Gasteiger partial charge >= 0.3 is 0 Å². The molecule has 0 radical (unpaired) electrons. The van der Waals surface area contributed by atoms with Gasteiger partial charge in [0, 0.05) is 30.7 Å². The Labute approximate surface area is 155 Å². The lowest BCUT2D eigenvalue weighted by Gasteiger charge is -2.31. The summed E-state index contributed by atoms with van der Waals surface area (Å²) in [5.74, 6) is -0.665. The Balaban J connectivity index is 2.01. The van der Waals surface area contributed by atoms with Crippen LogP contribution < -0.4 is 10.0 Å². The molecule has 1 fully saturated rings. The highest BCUT2D eigenvalue weighted by Crippen LogP contribution is 2.26. The highest BCUT2D eigenvalue weighted by Gasteiger charge is 2.39. The number of carbonyl (C=O) groups is 2. The third-order valence-corrected chi connectivity index (χ3v) is 5.76. The van der Waals surface area contributed by atoms with Gasteiger partial charge in [0.25, 0.3) is 0 Å². The van der Waals surface area contributed by atoms with Crippen molar-refractivity contribution in [3.63, 3.8) is 0 Å². The summed E-state index contributed by atoms with van der Waals surface area (Å²) in [5, 5.41) is 2.77. The molecule has 1 aromatic rings. The molecule has 144 valence electrons. The van der Waals surface area contributed by atoms with Gasteiger partial charge in [0.05, 0.1) is 10.8 Å². The van der Waals surface area contributed by atoms with Crippen molar-refractivity contribution in [1.82, 2.24) is 9.62 Å². The van der Waals surface area contributed by atoms with Crippen molar-refractivity contribution in [2.75, 3.05) is 18.4 Å². The van der Waals surface area contributed by atoms with Crippen molar-refractivity contribution in [2.45, 2.75) is 51.0 Å². The summed E-state index contributed by atoms with van der Waals surface area (Å²) in [6.07, 6.45) is 0.898. The summed E-state index contributed by atoms with van der Waals surface area (Å²) in [7, 11) is -3.53. The second kappa shape index (κ2) is 7.75. The maximum absolute atomic E-state index is 12.4. The minimum Gasteiger partial charge on any atom is -0.337 e. The predicted molar refractivity (Wildman–Crippen MR) is 100 cm³/mol. The van der Waals surface area contributed by atoms with Crippen molar-refractivity contribution in [2.24, 2.45) is 5.92 Å². The molecular weight excluding hydrogens is 354 g/mol. The Morgan fingerprint density at radius 1 is 1.23 bits per heavy atom. The van der Waals surface area contributed by atoms with Crippen LogP contribution in [0.3, 0.4) is 0 Å². The van der Waals surface area contributed by atoms with Crippen LogP contribution in [0.25, 0.3) is 0 Å². The molecule has 1 heterocycles. The van der Waals surface area contributed by atoms with E-state index in [0.717, 1.165) is 0 Å². The monoisotopic (exact) mass is 381 g/mol. The van der Waals surface area contributed by atoms with Gasteiger partial charge in [-0.3, -0.25) is 9.59 Å². The number of anilines is 1. The third kappa shape index (κ3) is 4.82. The Kier molecular flexibility index (Phi) is 6.08. The van der Waals surface area contributed by atoms with Crippen molar-refractivity contribution in [3.8, 4) is 0 Å². The molecule has 2 rings (SSSR count). The largest absolute Gasteiger partial charge is 0.337 e. The molecule has 8 heteroatoms. The molecule has 0 aliphatic carbocycles. The van der Waals surface area contributed by atoms with E-state index in [0.29, 0.717) is 25.2 Å². The van der Waals surface area contributed by atoms with E-state index < -0.39 is 15.9 Å². The number of hydrogen-bond donors (Lipinski definition) is 2. The first-order chi connectivity index (χ1) is 12.0. The van der Waals surface area contributed by atoms with Crippen LogP contribution >= 0.6 is 0 Å². The van der Waals surface area contributed by atoms with E-state index in [9.17, 15) is 18.0 Å². The number of sulfonamides is 1. The lowest BCUT2D eigenvalue weighted by Crippen LogP contribution is -2.42. The molecule has 1 aliphatic heterocycles. The van der Waals surface area contributed by atoms with E-state index in [1.54, 1.807) is 17.0 Å². The molecule has 1 atom stereocenters. The summed E-state index contributed by atoms with van der Waals surface area (Å²) in [6.45, 7) is 8.48. The molecule has 1 aliphatic rings. The lowest BCUT2D eigenvalue weighted by molar-refractivity contribution is -0.131. The van der Waals surface area contributed by atoms with Crippen LogP contribution in [0, 0.1) is 5.92 Å². The summed E-state index contributed by atoms with van der Waals surface area (Å²) in [6, 6.07) is 6.01. The molecule has 1 saturated heterocycles. The molecular formula is C18H27N3O4S. The average Bonchev–Trinajstić information content (AvgIpc) is 2.96. The van der Waals surface area contributed by atoms with Gasteiger partial charge in [0.15, 0.2) is 0 Å². The van der Waals surface area contributed by atoms with E-state index in [1.807, 2.05) is 27.7 Å². The molecule has 0 saturated carbocycles. The van der Waals surface area contributed by atoms with E-state index in [1.165, 1.54) is 12.1 Å². The fourth-order valence-electron chi connectivity index (χ4n) is 2.81. The number of nitrogens with one attached hydrogen (secondary N) is 2. The third-order valence-electron chi connectivity index (χ3n) is 4.28. The van der Waals surface area contributed by atoms with Gasteiger partial charge in [-0.05, 0) is 51.5 Å². The number of benzene rings is 1. The summed E-state index contributed by atoms with van der Waals surface area (Å²) in [4.78, 5) is 26.4. The van der Waals surface area contributed by atoms with Crippen LogP contribution in [0.5, 0.6) is 0 Å². The molecule has 0 aromatic heterocycles. The molecule has 0 bridgehead atoms. The number of amides is 2. The van der Waals surface area contributed by atoms with Crippen molar-refractivity contribution >= 4 is 27.5 Å². The molecule has 1 aromatic carbocycles. The Hall–Kier alpha value is -1.93. The average molecular weight is 381 g/mol. The van der Waals surface area contributed by atoms with Gasteiger partial charge in [-0.2, -0.15) is 0 Å². The minimum absolute atomic E-state index is 0.0268. The first-order valence-electron chi connectivity index (χ1n) is 8.75. The summed E-state index contributed by atoms with van der Waals surface area (Å²) >= 11 is 0. The Bertz CT molecular complexity index is 767. The van der Waals surface area contributed by atoms with E-state index >= 15 is 0 Å². The molecule has 0 spiro atoms. The normalized spacial score (nSPS) is 18.2. The van der Waals surface area contributed by atoms with E-state index in [-0.39, 0.29) is 28.7 Å². The van der Waals surface area contributed by atoms with Crippen molar-refractivity contribution in [1.29, 1.82) is 0 Å². The number of likely N-dealkylation sites (tertiary alicyclic amines) is 1. The number of rotatable bonds is 6. The SMILES string of the molecule is CCCNS(=O)(=O)c1ccc(NC(=O)[C@@H]2CC(=O)N(C(C)(C)C)C2)cc1. The van der Waals surface area contributed by atoms with E-state index in [4.69, 9.17) is 0 Å². The van der Waals surface area contributed by atoms with Crippen LogP contribution in [0.15, 0.2) is 29.2 Å². The summed E-state index contributed by atoms with van der Waals surface area (Å²) < 4.78 is 26.6. The highest BCUT2D eigenvalue weighted by molar-refractivity contribution is 7.89. The van der Waals surface area contributed by atoms with Gasteiger partial charge in [-0.15, -0.1) is 0 Å². The number of hydrogen-bond acceptors (Lipinski definition) is 4. The number of carbonyl (C=O) groups excluding carboxylic acids is 2. The Morgan fingerprint density at radius 2 is 1.85 bits per heavy atom. The van der Waals surface area contributed by atoms with Gasteiger partial charge in [-0.1, -0.05) is 6.92 Å². The topological polar surface area (TPSA) is 95.6 Å². The number of nitrogens with zero attached hydrogens (tertiary/aromatic N) is 1. The van der Waals surface area contributed by atoms with Crippen molar-refractivity contribution < 1.29 is 18.0 Å². The second-order valence-electron chi connectivity index (χ2n) is 7.49. The smallest absolute Gasteiger partial charge is 0.240 e. The van der Waals surface area contributed by atoms with Crippen LogP contribution in [0.1, 0.15) is 40.5 Å². The van der Waals surface area contributed by atoms with Gasteiger partial charge in [0.2, 0.25) is 21.8 Å². The standard InChI is InChI=1S/C18H27N3O4S/c1-5-10-19-26(24,25)15-8-6-14(7-9-15)20-17(23)13-11-16(22)21(12-13)18(2,3)4/h6-9,13,19H,5,10-12H2,1-4H3,(H,20,23)/t13-/m1/s1. The first kappa shape index (κ1) is 20.4.